The Bertz CT molecular complexity index is 997. The van der Waals surface area contributed by atoms with Crippen molar-refractivity contribution >= 4 is 23.2 Å². The predicted molar refractivity (Wildman–Crippen MR) is 214 cm³/mol. The smallest absolute Gasteiger partial charge is 0.224 e. The van der Waals surface area contributed by atoms with Gasteiger partial charge in [0.25, 0.3) is 0 Å². The minimum atomic E-state index is -0.220. The van der Waals surface area contributed by atoms with Gasteiger partial charge < -0.3 is 15.4 Å². The molecule has 0 heterocycles. The van der Waals surface area contributed by atoms with Crippen LogP contribution in [0.3, 0.4) is 0 Å². The molecule has 0 saturated heterocycles. The SMILES string of the molecule is CCCCCCCCCCCCCCCC(=O)Nc1cc(C(C)(C)C)c(OC)c(NC(=O)CCCCCCCCCCCCCCC)c1C. The van der Waals surface area contributed by atoms with Gasteiger partial charge in [-0.1, -0.05) is 189 Å². The summed E-state index contributed by atoms with van der Waals surface area (Å²) in [6, 6.07) is 2.04. The van der Waals surface area contributed by atoms with E-state index in [-0.39, 0.29) is 17.2 Å². The van der Waals surface area contributed by atoms with Gasteiger partial charge in [0.1, 0.15) is 5.75 Å². The molecule has 0 aliphatic rings. The zero-order chi connectivity index (χ0) is 36.2. The highest BCUT2D eigenvalue weighted by Gasteiger charge is 2.26. The zero-order valence-corrected chi connectivity index (χ0v) is 33.6. The van der Waals surface area contributed by atoms with Gasteiger partial charge in [-0.05, 0) is 36.8 Å². The lowest BCUT2D eigenvalue weighted by Crippen LogP contribution is -2.20. The van der Waals surface area contributed by atoms with Gasteiger partial charge in [-0.3, -0.25) is 9.59 Å². The highest BCUT2D eigenvalue weighted by Crippen LogP contribution is 2.43. The third-order valence-electron chi connectivity index (χ3n) is 10.1. The maximum atomic E-state index is 13.1. The minimum absolute atomic E-state index is 0.0137. The Kier molecular flexibility index (Phi) is 26.3. The lowest BCUT2D eigenvalue weighted by molar-refractivity contribution is -0.117. The summed E-state index contributed by atoms with van der Waals surface area (Å²) in [7, 11) is 1.67. The Labute approximate surface area is 304 Å². The number of amides is 2. The summed E-state index contributed by atoms with van der Waals surface area (Å²) in [5.74, 6) is 0.749. The Balaban J connectivity index is 2.49. The Morgan fingerprint density at radius 3 is 1.20 bits per heavy atom. The van der Waals surface area contributed by atoms with Crippen molar-refractivity contribution in [2.24, 2.45) is 0 Å². The van der Waals surface area contributed by atoms with Crippen LogP contribution in [0.1, 0.15) is 226 Å². The van der Waals surface area contributed by atoms with Crippen molar-refractivity contribution in [3.8, 4) is 5.75 Å². The molecule has 0 bridgehead atoms. The largest absolute Gasteiger partial charge is 0.494 e. The van der Waals surface area contributed by atoms with Gasteiger partial charge in [-0.15, -0.1) is 0 Å². The van der Waals surface area contributed by atoms with Crippen LogP contribution < -0.4 is 15.4 Å². The standard InChI is InChI=1S/C44H80N2O3/c1-8-10-12-14-16-18-20-22-24-26-28-30-32-34-40(47)45-39-36-38(44(4,5)6)43(49-7)42(37(39)3)46-41(48)35-33-31-29-27-25-23-21-19-17-15-13-11-9-2/h36H,8-35H2,1-7H3,(H,45,47)(H,46,48). The van der Waals surface area contributed by atoms with E-state index in [1.165, 1.54) is 141 Å². The average molecular weight is 685 g/mol. The molecule has 2 N–H and O–H groups in total. The topological polar surface area (TPSA) is 67.4 Å². The molecule has 5 nitrogen and oxygen atoms in total. The number of nitrogens with one attached hydrogen (secondary N) is 2. The summed E-state index contributed by atoms with van der Waals surface area (Å²) in [6.07, 6.45) is 34.6. The lowest BCUT2D eigenvalue weighted by Gasteiger charge is -2.27. The van der Waals surface area contributed by atoms with Gasteiger partial charge in [-0.2, -0.15) is 0 Å². The molecule has 0 fully saturated rings. The summed E-state index contributed by atoms with van der Waals surface area (Å²) in [5, 5.41) is 6.36. The second-order valence-electron chi connectivity index (χ2n) is 15.8. The molecule has 2 amide bonds. The first-order chi connectivity index (χ1) is 23.6. The third-order valence-corrected chi connectivity index (χ3v) is 10.1. The van der Waals surface area contributed by atoms with Crippen molar-refractivity contribution in [1.29, 1.82) is 0 Å². The van der Waals surface area contributed by atoms with E-state index in [1.807, 2.05) is 13.0 Å². The summed E-state index contributed by atoms with van der Waals surface area (Å²) >= 11 is 0. The van der Waals surface area contributed by atoms with Crippen LogP contribution in [0.25, 0.3) is 0 Å². The van der Waals surface area contributed by atoms with Crippen molar-refractivity contribution in [3.05, 3.63) is 17.2 Å². The van der Waals surface area contributed by atoms with Crippen molar-refractivity contribution in [2.75, 3.05) is 17.7 Å². The van der Waals surface area contributed by atoms with Crippen molar-refractivity contribution in [2.45, 2.75) is 227 Å². The number of hydrogen-bond donors (Lipinski definition) is 2. The molecule has 0 atom stereocenters. The van der Waals surface area contributed by atoms with Gasteiger partial charge in [0.15, 0.2) is 0 Å². The molecule has 0 aliphatic heterocycles. The average Bonchev–Trinajstić information content (AvgIpc) is 3.06. The normalized spacial score (nSPS) is 11.6. The first-order valence-electron chi connectivity index (χ1n) is 21.0. The number of anilines is 2. The molecule has 0 saturated carbocycles. The molecule has 1 aromatic carbocycles. The molecule has 0 spiro atoms. The number of carbonyl (C=O) groups is 2. The molecular weight excluding hydrogens is 604 g/mol. The maximum absolute atomic E-state index is 13.1. The van der Waals surface area contributed by atoms with Gasteiger partial charge in [-0.25, -0.2) is 0 Å². The van der Waals surface area contributed by atoms with Crippen LogP contribution in [0.15, 0.2) is 6.07 Å². The molecule has 0 aliphatic carbocycles. The van der Waals surface area contributed by atoms with Crippen LogP contribution in [0.2, 0.25) is 0 Å². The minimum Gasteiger partial charge on any atom is -0.494 e. The highest BCUT2D eigenvalue weighted by molar-refractivity contribution is 5.98. The van der Waals surface area contributed by atoms with E-state index in [0.717, 1.165) is 42.5 Å². The first-order valence-corrected chi connectivity index (χ1v) is 21.0. The lowest BCUT2D eigenvalue weighted by atomic mass is 9.84. The number of rotatable bonds is 31. The number of unbranched alkanes of at least 4 members (excludes halogenated alkanes) is 24. The van der Waals surface area contributed by atoms with E-state index in [9.17, 15) is 9.59 Å². The number of carbonyl (C=O) groups excluding carboxylic acids is 2. The molecule has 284 valence electrons. The Morgan fingerprint density at radius 1 is 0.551 bits per heavy atom. The fraction of sp³-hybridized carbons (Fsp3) is 0.818. The number of ether oxygens (including phenoxy) is 1. The van der Waals surface area contributed by atoms with Gasteiger partial charge in [0, 0.05) is 24.1 Å². The van der Waals surface area contributed by atoms with Gasteiger partial charge in [0.05, 0.1) is 12.8 Å². The van der Waals surface area contributed by atoms with Crippen molar-refractivity contribution in [3.63, 3.8) is 0 Å². The molecule has 0 unspecified atom stereocenters. The van der Waals surface area contributed by atoms with Crippen LogP contribution in [-0.2, 0) is 15.0 Å². The fourth-order valence-corrected chi connectivity index (χ4v) is 6.83. The van der Waals surface area contributed by atoms with Gasteiger partial charge >= 0.3 is 0 Å². The molecule has 1 rings (SSSR count). The van der Waals surface area contributed by atoms with Crippen LogP contribution in [-0.4, -0.2) is 18.9 Å². The second-order valence-corrected chi connectivity index (χ2v) is 15.8. The second kappa shape index (κ2) is 28.6. The summed E-state index contributed by atoms with van der Waals surface area (Å²) in [4.78, 5) is 26.2. The molecule has 1 aromatic rings. The maximum Gasteiger partial charge on any atom is 0.224 e. The van der Waals surface area contributed by atoms with Crippen LogP contribution in [0.5, 0.6) is 5.75 Å². The van der Waals surface area contributed by atoms with E-state index in [2.05, 4.69) is 45.3 Å². The monoisotopic (exact) mass is 685 g/mol. The van der Waals surface area contributed by atoms with Crippen LogP contribution in [0, 0.1) is 6.92 Å². The molecule has 0 radical (unpaired) electrons. The summed E-state index contributed by atoms with van der Waals surface area (Å²) < 4.78 is 5.89. The van der Waals surface area contributed by atoms with E-state index in [4.69, 9.17) is 4.74 Å². The van der Waals surface area contributed by atoms with Crippen molar-refractivity contribution < 1.29 is 14.3 Å². The predicted octanol–water partition coefficient (Wildman–Crippen LogP) is 14.1. The summed E-state index contributed by atoms with van der Waals surface area (Å²) in [5.41, 5.74) is 3.06. The summed E-state index contributed by atoms with van der Waals surface area (Å²) in [6.45, 7) is 12.9. The van der Waals surface area contributed by atoms with Crippen molar-refractivity contribution in [1.82, 2.24) is 0 Å². The quantitative estimate of drug-likeness (QED) is 0.0765. The molecule has 5 heteroatoms. The molecular formula is C44H80N2O3. The number of hydrogen-bond acceptors (Lipinski definition) is 3. The third kappa shape index (κ3) is 21.7. The zero-order valence-electron chi connectivity index (χ0n) is 33.6. The van der Waals surface area contributed by atoms with Crippen LogP contribution in [0.4, 0.5) is 11.4 Å². The van der Waals surface area contributed by atoms with E-state index in [1.54, 1.807) is 7.11 Å². The van der Waals surface area contributed by atoms with Crippen LogP contribution >= 0.6 is 0 Å². The fourth-order valence-electron chi connectivity index (χ4n) is 6.83. The molecule has 49 heavy (non-hydrogen) atoms. The number of benzene rings is 1. The Hall–Kier alpha value is -2.04. The number of methoxy groups -OCH3 is 1. The van der Waals surface area contributed by atoms with Gasteiger partial charge in [0.2, 0.25) is 11.8 Å². The molecule has 0 aromatic heterocycles. The van der Waals surface area contributed by atoms with E-state index < -0.39 is 0 Å². The van der Waals surface area contributed by atoms with E-state index in [0.29, 0.717) is 24.3 Å². The Morgan fingerprint density at radius 2 is 0.878 bits per heavy atom. The first kappa shape index (κ1) is 45.0. The van der Waals surface area contributed by atoms with E-state index >= 15 is 0 Å². The highest BCUT2D eigenvalue weighted by atomic mass is 16.5.